The van der Waals surface area contributed by atoms with Gasteiger partial charge in [-0.1, -0.05) is 12.1 Å². The second kappa shape index (κ2) is 6.55. The van der Waals surface area contributed by atoms with Gasteiger partial charge in [-0.25, -0.2) is 14.3 Å². The van der Waals surface area contributed by atoms with Crippen molar-refractivity contribution in [3.05, 3.63) is 24.3 Å². The number of para-hydroxylation sites is 2. The van der Waals surface area contributed by atoms with Gasteiger partial charge in [-0.3, -0.25) is 0 Å². The van der Waals surface area contributed by atoms with Gasteiger partial charge >= 0.3 is 6.03 Å². The number of amides is 1. The quantitative estimate of drug-likeness (QED) is 0.841. The zero-order chi connectivity index (χ0) is 15.9. The number of carbonyl (C=O) groups is 1. The third-order valence-corrected chi connectivity index (χ3v) is 4.32. The molecule has 0 spiro atoms. The fraction of sp³-hybridized carbons (Fsp3) is 0.500. The van der Waals surface area contributed by atoms with Crippen LogP contribution in [0, 0.1) is 0 Å². The molecular formula is C16H25N5O2. The van der Waals surface area contributed by atoms with Crippen LogP contribution in [-0.2, 0) is 0 Å². The molecule has 1 aliphatic rings. The van der Waals surface area contributed by atoms with Crippen LogP contribution in [0.4, 0.5) is 10.7 Å². The van der Waals surface area contributed by atoms with Crippen molar-refractivity contribution in [2.75, 3.05) is 46.2 Å². The first kappa shape index (κ1) is 17.2. The third kappa shape index (κ3) is 3.02. The second-order valence-corrected chi connectivity index (χ2v) is 6.26. The van der Waals surface area contributed by atoms with Gasteiger partial charge in [0.25, 0.3) is 0 Å². The molecule has 0 bridgehead atoms. The van der Waals surface area contributed by atoms with Gasteiger partial charge in [-0.2, -0.15) is 0 Å². The van der Waals surface area contributed by atoms with Crippen molar-refractivity contribution in [1.82, 2.24) is 19.4 Å². The van der Waals surface area contributed by atoms with Crippen LogP contribution in [0.25, 0.3) is 11.0 Å². The van der Waals surface area contributed by atoms with E-state index in [-0.39, 0.29) is 17.5 Å². The Bertz CT molecular complexity index is 697. The number of fused-ring (bicyclic) bond motifs is 3. The number of hydrogen-bond donors (Lipinski definition) is 0. The smallest absolute Gasteiger partial charge is 0.331 e. The minimum atomic E-state index is -0.0112. The maximum atomic E-state index is 12.8. The van der Waals surface area contributed by atoms with Crippen LogP contribution in [0.1, 0.15) is 6.42 Å². The average molecular weight is 319 g/mol. The van der Waals surface area contributed by atoms with E-state index in [1.165, 1.54) is 0 Å². The minimum Gasteiger partial charge on any atom is -0.412 e. The highest BCUT2D eigenvalue weighted by Crippen LogP contribution is 2.27. The number of anilines is 1. The maximum Gasteiger partial charge on any atom is 0.331 e. The number of carbonyl (C=O) groups excluding carboxylic acids is 1. The molecular weight excluding hydrogens is 294 g/mol. The standard InChI is InChI=1S/C16H23N5O.H2O/c1-18(2)10-9-12-11-19(3)16(22)21-14-8-6-5-7-13(14)17-15(21)20(12)4;/h5-8,12H,9-11H2,1-4H3;1H2. The van der Waals surface area contributed by atoms with Crippen LogP contribution in [-0.4, -0.2) is 78.2 Å². The average Bonchev–Trinajstić information content (AvgIpc) is 2.85. The van der Waals surface area contributed by atoms with Gasteiger partial charge in [0.2, 0.25) is 5.95 Å². The predicted molar refractivity (Wildman–Crippen MR) is 92.1 cm³/mol. The molecule has 7 nitrogen and oxygen atoms in total. The molecule has 0 radical (unpaired) electrons. The highest BCUT2D eigenvalue weighted by Gasteiger charge is 2.31. The lowest BCUT2D eigenvalue weighted by Gasteiger charge is -2.28. The monoisotopic (exact) mass is 319 g/mol. The number of hydrogen-bond acceptors (Lipinski definition) is 4. The van der Waals surface area contributed by atoms with E-state index in [1.807, 2.05) is 38.4 Å². The van der Waals surface area contributed by atoms with Crippen LogP contribution in [0.2, 0.25) is 0 Å². The topological polar surface area (TPSA) is 76.1 Å². The molecule has 0 saturated heterocycles. The second-order valence-electron chi connectivity index (χ2n) is 6.26. The summed E-state index contributed by atoms with van der Waals surface area (Å²) in [6.07, 6.45) is 0.990. The van der Waals surface area contributed by atoms with E-state index in [2.05, 4.69) is 28.9 Å². The zero-order valence-corrected chi connectivity index (χ0v) is 14.2. The third-order valence-electron chi connectivity index (χ3n) is 4.32. The van der Waals surface area contributed by atoms with Gasteiger partial charge < -0.3 is 20.2 Å². The number of benzene rings is 1. The first-order valence-electron chi connectivity index (χ1n) is 7.59. The van der Waals surface area contributed by atoms with E-state index < -0.39 is 0 Å². The van der Waals surface area contributed by atoms with Crippen LogP contribution >= 0.6 is 0 Å². The molecule has 0 saturated carbocycles. The Morgan fingerprint density at radius 1 is 1.26 bits per heavy atom. The normalized spacial score (nSPS) is 18.1. The molecule has 1 unspecified atom stereocenters. The summed E-state index contributed by atoms with van der Waals surface area (Å²) in [7, 11) is 8.04. The number of likely N-dealkylation sites (N-methyl/N-ethyl adjacent to an activating group) is 2. The molecule has 2 N–H and O–H groups in total. The van der Waals surface area contributed by atoms with Crippen LogP contribution in [0.5, 0.6) is 0 Å². The molecule has 7 heteroatoms. The van der Waals surface area contributed by atoms with Gasteiger partial charge in [0.1, 0.15) is 0 Å². The summed E-state index contributed by atoms with van der Waals surface area (Å²) in [6, 6.07) is 8.04. The van der Waals surface area contributed by atoms with Crippen molar-refractivity contribution in [2.24, 2.45) is 0 Å². The summed E-state index contributed by atoms with van der Waals surface area (Å²) in [4.78, 5) is 23.5. The van der Waals surface area contributed by atoms with Crippen LogP contribution < -0.4 is 4.90 Å². The molecule has 2 aromatic rings. The van der Waals surface area contributed by atoms with Crippen molar-refractivity contribution < 1.29 is 10.3 Å². The fourth-order valence-electron chi connectivity index (χ4n) is 2.98. The van der Waals surface area contributed by atoms with Crippen molar-refractivity contribution in [3.8, 4) is 0 Å². The molecule has 126 valence electrons. The highest BCUT2D eigenvalue weighted by molar-refractivity contribution is 5.93. The van der Waals surface area contributed by atoms with Crippen LogP contribution in [0.3, 0.4) is 0 Å². The molecule has 0 fully saturated rings. The Labute approximate surface area is 136 Å². The SMILES string of the molecule is CN(C)CCC1CN(C)C(=O)n2c(nc3ccccc32)N1C.O. The Balaban J connectivity index is 0.00000192. The molecule has 0 aliphatic carbocycles. The summed E-state index contributed by atoms with van der Waals surface area (Å²) in [5.74, 6) is 0.735. The fourth-order valence-corrected chi connectivity index (χ4v) is 2.98. The minimum absolute atomic E-state index is 0. The van der Waals surface area contributed by atoms with Crippen molar-refractivity contribution in [3.63, 3.8) is 0 Å². The Hall–Kier alpha value is -2.12. The van der Waals surface area contributed by atoms with Gasteiger partial charge in [-0.05, 0) is 39.2 Å². The summed E-state index contributed by atoms with van der Waals surface area (Å²) < 4.78 is 1.73. The number of imidazole rings is 1. The Morgan fingerprint density at radius 3 is 2.65 bits per heavy atom. The lowest BCUT2D eigenvalue weighted by atomic mass is 10.1. The molecule has 2 heterocycles. The molecule has 1 aromatic carbocycles. The van der Waals surface area contributed by atoms with E-state index in [4.69, 9.17) is 0 Å². The van der Waals surface area contributed by atoms with Crippen molar-refractivity contribution >= 4 is 23.0 Å². The summed E-state index contributed by atoms with van der Waals surface area (Å²) in [6.45, 7) is 1.69. The summed E-state index contributed by atoms with van der Waals surface area (Å²) in [5.41, 5.74) is 1.73. The molecule has 3 rings (SSSR count). The summed E-state index contributed by atoms with van der Waals surface area (Å²) >= 11 is 0. The van der Waals surface area contributed by atoms with E-state index in [0.717, 1.165) is 29.9 Å². The number of aromatic nitrogens is 2. The van der Waals surface area contributed by atoms with Gasteiger partial charge in [0.05, 0.1) is 17.1 Å². The maximum absolute atomic E-state index is 12.8. The number of rotatable bonds is 3. The lowest BCUT2D eigenvalue weighted by molar-refractivity contribution is 0.210. The first-order valence-corrected chi connectivity index (χ1v) is 7.59. The highest BCUT2D eigenvalue weighted by atomic mass is 16.2. The van der Waals surface area contributed by atoms with E-state index in [0.29, 0.717) is 6.54 Å². The zero-order valence-electron chi connectivity index (χ0n) is 14.2. The van der Waals surface area contributed by atoms with Gasteiger partial charge in [0, 0.05) is 20.6 Å². The van der Waals surface area contributed by atoms with Gasteiger partial charge in [0.15, 0.2) is 0 Å². The molecule has 1 amide bonds. The molecule has 1 aromatic heterocycles. The van der Waals surface area contributed by atoms with Crippen molar-refractivity contribution in [1.29, 1.82) is 0 Å². The summed E-state index contributed by atoms with van der Waals surface area (Å²) in [5, 5.41) is 0. The molecule has 1 aliphatic heterocycles. The Kier molecular flexibility index (Phi) is 4.91. The van der Waals surface area contributed by atoms with Crippen LogP contribution in [0.15, 0.2) is 24.3 Å². The molecule has 1 atom stereocenters. The Morgan fingerprint density at radius 2 is 1.96 bits per heavy atom. The van der Waals surface area contributed by atoms with E-state index in [9.17, 15) is 4.79 Å². The lowest BCUT2D eigenvalue weighted by Crippen LogP contribution is -2.41. The number of nitrogens with zero attached hydrogens (tertiary/aromatic N) is 5. The largest absolute Gasteiger partial charge is 0.412 e. The van der Waals surface area contributed by atoms with E-state index in [1.54, 1.807) is 9.47 Å². The first-order chi connectivity index (χ1) is 10.5. The van der Waals surface area contributed by atoms with E-state index >= 15 is 0 Å². The van der Waals surface area contributed by atoms with Crippen molar-refractivity contribution in [2.45, 2.75) is 12.5 Å². The predicted octanol–water partition coefficient (Wildman–Crippen LogP) is 0.882. The molecule has 23 heavy (non-hydrogen) atoms. The van der Waals surface area contributed by atoms with Gasteiger partial charge in [-0.15, -0.1) is 0 Å².